The molecular formula is C11H20N2O. The number of rotatable bonds is 4. The Labute approximate surface area is 85.6 Å². The molecule has 0 amide bonds. The molecule has 2 N–H and O–H groups in total. The first-order valence-corrected chi connectivity index (χ1v) is 5.73. The summed E-state index contributed by atoms with van der Waals surface area (Å²) in [7, 11) is 0. The van der Waals surface area contributed by atoms with Gasteiger partial charge in [-0.05, 0) is 31.6 Å². The van der Waals surface area contributed by atoms with E-state index in [0.717, 1.165) is 38.3 Å². The summed E-state index contributed by atoms with van der Waals surface area (Å²) in [6, 6.07) is 0.366. The summed E-state index contributed by atoms with van der Waals surface area (Å²) >= 11 is 0. The monoisotopic (exact) mass is 196 g/mol. The lowest BCUT2D eigenvalue weighted by Crippen LogP contribution is -2.41. The van der Waals surface area contributed by atoms with Gasteiger partial charge in [0.2, 0.25) is 0 Å². The van der Waals surface area contributed by atoms with Gasteiger partial charge in [-0.3, -0.25) is 9.69 Å². The number of ketones is 1. The van der Waals surface area contributed by atoms with Crippen LogP contribution in [0.15, 0.2) is 0 Å². The molecule has 1 saturated heterocycles. The van der Waals surface area contributed by atoms with Gasteiger partial charge in [-0.1, -0.05) is 0 Å². The standard InChI is InChI=1S/C11H20N2O/c12-10-3-5-13(6-4-10)8-11(14)7-9-1-2-9/h9-10H,1-8,12H2. The predicted octanol–water partition coefficient (Wildman–Crippen LogP) is 0.779. The van der Waals surface area contributed by atoms with Crippen LogP contribution in [-0.2, 0) is 4.79 Å². The van der Waals surface area contributed by atoms with Crippen molar-refractivity contribution in [1.29, 1.82) is 0 Å². The van der Waals surface area contributed by atoms with Crippen LogP contribution in [0.4, 0.5) is 0 Å². The van der Waals surface area contributed by atoms with Crippen molar-refractivity contribution < 1.29 is 4.79 Å². The van der Waals surface area contributed by atoms with Gasteiger partial charge in [0.15, 0.2) is 0 Å². The molecule has 0 spiro atoms. The SMILES string of the molecule is NC1CCN(CC(=O)CC2CC2)CC1. The van der Waals surface area contributed by atoms with Gasteiger partial charge in [-0.2, -0.15) is 0 Å². The first kappa shape index (κ1) is 10.1. The van der Waals surface area contributed by atoms with Crippen molar-refractivity contribution in [3.8, 4) is 0 Å². The van der Waals surface area contributed by atoms with Crippen LogP contribution in [0.1, 0.15) is 32.1 Å². The Kier molecular flexibility index (Phi) is 3.19. The molecule has 0 aromatic heterocycles. The Balaban J connectivity index is 1.66. The number of likely N-dealkylation sites (tertiary alicyclic amines) is 1. The van der Waals surface area contributed by atoms with E-state index in [1.807, 2.05) is 0 Å². The van der Waals surface area contributed by atoms with Crippen molar-refractivity contribution >= 4 is 5.78 Å². The van der Waals surface area contributed by atoms with Crippen molar-refractivity contribution in [3.05, 3.63) is 0 Å². The molecule has 3 heteroatoms. The second-order valence-corrected chi connectivity index (χ2v) is 4.80. The number of Topliss-reactive ketones (excluding diaryl/α,β-unsaturated/α-hetero) is 1. The summed E-state index contributed by atoms with van der Waals surface area (Å²) < 4.78 is 0. The summed E-state index contributed by atoms with van der Waals surface area (Å²) in [5.74, 6) is 1.16. The molecule has 0 radical (unpaired) electrons. The Bertz CT molecular complexity index is 205. The molecule has 80 valence electrons. The Morgan fingerprint density at radius 2 is 1.86 bits per heavy atom. The Morgan fingerprint density at radius 1 is 1.21 bits per heavy atom. The molecule has 0 bridgehead atoms. The van der Waals surface area contributed by atoms with Gasteiger partial charge >= 0.3 is 0 Å². The molecule has 2 aliphatic rings. The first-order valence-electron chi connectivity index (χ1n) is 5.73. The maximum Gasteiger partial charge on any atom is 0.147 e. The molecule has 1 heterocycles. The third-order valence-electron chi connectivity index (χ3n) is 3.25. The lowest BCUT2D eigenvalue weighted by molar-refractivity contribution is -0.120. The number of piperidine rings is 1. The summed E-state index contributed by atoms with van der Waals surface area (Å²) in [5, 5.41) is 0. The minimum atomic E-state index is 0.366. The van der Waals surface area contributed by atoms with Crippen LogP contribution in [0.5, 0.6) is 0 Å². The quantitative estimate of drug-likeness (QED) is 0.722. The number of hydrogen-bond donors (Lipinski definition) is 1. The maximum atomic E-state index is 11.6. The van der Waals surface area contributed by atoms with E-state index >= 15 is 0 Å². The highest BCUT2D eigenvalue weighted by molar-refractivity contribution is 5.80. The van der Waals surface area contributed by atoms with E-state index in [1.54, 1.807) is 0 Å². The molecular weight excluding hydrogens is 176 g/mol. The van der Waals surface area contributed by atoms with E-state index in [9.17, 15) is 4.79 Å². The van der Waals surface area contributed by atoms with E-state index < -0.39 is 0 Å². The van der Waals surface area contributed by atoms with E-state index in [-0.39, 0.29) is 0 Å². The highest BCUT2D eigenvalue weighted by atomic mass is 16.1. The minimum absolute atomic E-state index is 0.366. The zero-order valence-electron chi connectivity index (χ0n) is 8.74. The van der Waals surface area contributed by atoms with Crippen LogP contribution >= 0.6 is 0 Å². The average Bonchev–Trinajstić information content (AvgIpc) is 2.93. The molecule has 14 heavy (non-hydrogen) atoms. The minimum Gasteiger partial charge on any atom is -0.328 e. The molecule has 2 fully saturated rings. The molecule has 0 unspecified atom stereocenters. The van der Waals surface area contributed by atoms with Crippen LogP contribution in [0.25, 0.3) is 0 Å². The fourth-order valence-corrected chi connectivity index (χ4v) is 2.07. The number of hydrogen-bond acceptors (Lipinski definition) is 3. The normalized spacial score (nSPS) is 25.2. The van der Waals surface area contributed by atoms with E-state index in [4.69, 9.17) is 5.73 Å². The third kappa shape index (κ3) is 3.07. The van der Waals surface area contributed by atoms with Gasteiger partial charge in [0.1, 0.15) is 5.78 Å². The lowest BCUT2D eigenvalue weighted by atomic mass is 10.1. The van der Waals surface area contributed by atoms with Crippen molar-refractivity contribution in [1.82, 2.24) is 4.90 Å². The Hall–Kier alpha value is -0.410. The zero-order chi connectivity index (χ0) is 9.97. The molecule has 1 aliphatic carbocycles. The van der Waals surface area contributed by atoms with Crippen LogP contribution in [0.3, 0.4) is 0 Å². The second kappa shape index (κ2) is 4.41. The predicted molar refractivity (Wildman–Crippen MR) is 56.0 cm³/mol. The van der Waals surface area contributed by atoms with Crippen molar-refractivity contribution in [2.24, 2.45) is 11.7 Å². The van der Waals surface area contributed by atoms with Crippen molar-refractivity contribution in [2.75, 3.05) is 19.6 Å². The van der Waals surface area contributed by atoms with E-state index in [1.165, 1.54) is 12.8 Å². The topological polar surface area (TPSA) is 46.3 Å². The zero-order valence-corrected chi connectivity index (χ0v) is 8.74. The first-order chi connectivity index (χ1) is 6.74. The molecule has 1 saturated carbocycles. The number of carbonyl (C=O) groups is 1. The van der Waals surface area contributed by atoms with Gasteiger partial charge in [0.05, 0.1) is 6.54 Å². The smallest absolute Gasteiger partial charge is 0.147 e. The molecule has 2 rings (SSSR count). The fourth-order valence-electron chi connectivity index (χ4n) is 2.07. The molecule has 3 nitrogen and oxygen atoms in total. The number of nitrogens with two attached hydrogens (primary N) is 1. The van der Waals surface area contributed by atoms with Gasteiger partial charge in [0.25, 0.3) is 0 Å². The van der Waals surface area contributed by atoms with Gasteiger partial charge in [-0.25, -0.2) is 0 Å². The van der Waals surface area contributed by atoms with Crippen LogP contribution in [0, 0.1) is 5.92 Å². The van der Waals surface area contributed by atoms with Crippen LogP contribution < -0.4 is 5.73 Å². The van der Waals surface area contributed by atoms with Gasteiger partial charge in [-0.15, -0.1) is 0 Å². The van der Waals surface area contributed by atoms with Crippen molar-refractivity contribution in [3.63, 3.8) is 0 Å². The van der Waals surface area contributed by atoms with E-state index in [0.29, 0.717) is 18.4 Å². The molecule has 0 atom stereocenters. The fraction of sp³-hybridized carbons (Fsp3) is 0.909. The largest absolute Gasteiger partial charge is 0.328 e. The van der Waals surface area contributed by atoms with Crippen molar-refractivity contribution in [2.45, 2.75) is 38.1 Å². The molecule has 0 aromatic carbocycles. The number of carbonyl (C=O) groups excluding carboxylic acids is 1. The summed E-state index contributed by atoms with van der Waals surface area (Å²) in [5.41, 5.74) is 5.81. The maximum absolute atomic E-state index is 11.6. The summed E-state index contributed by atoms with van der Waals surface area (Å²) in [6.45, 7) is 2.69. The second-order valence-electron chi connectivity index (χ2n) is 4.80. The molecule has 0 aromatic rings. The Morgan fingerprint density at radius 3 is 2.43 bits per heavy atom. The summed E-state index contributed by atoms with van der Waals surface area (Å²) in [4.78, 5) is 13.8. The van der Waals surface area contributed by atoms with E-state index in [2.05, 4.69) is 4.90 Å². The highest BCUT2D eigenvalue weighted by Gasteiger charge is 2.25. The van der Waals surface area contributed by atoms with Crippen LogP contribution in [0.2, 0.25) is 0 Å². The average molecular weight is 196 g/mol. The highest BCUT2D eigenvalue weighted by Crippen LogP contribution is 2.32. The number of nitrogens with zero attached hydrogens (tertiary/aromatic N) is 1. The third-order valence-corrected chi connectivity index (χ3v) is 3.25. The van der Waals surface area contributed by atoms with Crippen LogP contribution in [-0.4, -0.2) is 36.4 Å². The summed E-state index contributed by atoms with van der Waals surface area (Å²) in [6.07, 6.45) is 5.48. The van der Waals surface area contributed by atoms with Gasteiger partial charge < -0.3 is 5.73 Å². The lowest BCUT2D eigenvalue weighted by Gasteiger charge is -2.29. The van der Waals surface area contributed by atoms with Gasteiger partial charge in [0, 0.05) is 25.6 Å². The molecule has 1 aliphatic heterocycles.